The quantitative estimate of drug-likeness (QED) is 0.508. The monoisotopic (exact) mass is 402 g/mol. The van der Waals surface area contributed by atoms with Crippen LogP contribution in [-0.2, 0) is 0 Å². The highest BCUT2D eigenvalue weighted by molar-refractivity contribution is 6.10. The second-order valence-electron chi connectivity index (χ2n) is 7.05. The topological polar surface area (TPSA) is 85.8 Å². The van der Waals surface area contributed by atoms with Gasteiger partial charge in [0.2, 0.25) is 5.76 Å². The Kier molecular flexibility index (Phi) is 4.17. The maximum atomic E-state index is 13.4. The molecule has 0 fully saturated rings. The van der Waals surface area contributed by atoms with E-state index in [0.717, 1.165) is 5.56 Å². The van der Waals surface area contributed by atoms with Crippen LogP contribution in [-0.4, -0.2) is 17.7 Å². The fraction of sp³-hybridized carbons (Fsp3) is 0.174. The van der Waals surface area contributed by atoms with Crippen LogP contribution in [0.4, 0.5) is 5.82 Å². The summed E-state index contributed by atoms with van der Waals surface area (Å²) in [6.07, 6.45) is 0. The maximum Gasteiger partial charge on any atom is 0.296 e. The fourth-order valence-corrected chi connectivity index (χ4v) is 3.88. The van der Waals surface area contributed by atoms with Crippen LogP contribution >= 0.6 is 0 Å². The number of fused-ring (bicyclic) bond motifs is 2. The summed E-state index contributed by atoms with van der Waals surface area (Å²) in [6, 6.07) is 15.2. The summed E-state index contributed by atoms with van der Waals surface area (Å²) in [7, 11) is 0. The zero-order valence-electron chi connectivity index (χ0n) is 16.4. The van der Waals surface area contributed by atoms with Crippen molar-refractivity contribution in [1.82, 2.24) is 5.16 Å². The molecule has 7 heteroatoms. The van der Waals surface area contributed by atoms with Crippen LogP contribution < -0.4 is 15.1 Å². The normalized spacial score (nSPS) is 15.6. The Labute approximate surface area is 171 Å². The van der Waals surface area contributed by atoms with Crippen molar-refractivity contribution in [3.05, 3.63) is 87.5 Å². The number of carbonyl (C=O) groups excluding carboxylic acids is 1. The number of hydrogen-bond acceptors (Lipinski definition) is 6. The highest BCUT2D eigenvalue weighted by Crippen LogP contribution is 2.41. The van der Waals surface area contributed by atoms with Crippen LogP contribution in [0.25, 0.3) is 11.0 Å². The number of benzene rings is 2. The Bertz CT molecular complexity index is 1340. The molecule has 4 aromatic rings. The molecule has 1 amide bonds. The van der Waals surface area contributed by atoms with E-state index < -0.39 is 11.9 Å². The molecule has 0 aliphatic carbocycles. The van der Waals surface area contributed by atoms with Crippen LogP contribution in [0.2, 0.25) is 0 Å². The first-order valence-corrected chi connectivity index (χ1v) is 9.64. The Hall–Kier alpha value is -3.87. The highest BCUT2D eigenvalue weighted by atomic mass is 16.5. The smallest absolute Gasteiger partial charge is 0.296 e. The third kappa shape index (κ3) is 2.70. The van der Waals surface area contributed by atoms with Gasteiger partial charge in [-0.25, -0.2) is 0 Å². The van der Waals surface area contributed by atoms with Crippen molar-refractivity contribution < 1.29 is 18.5 Å². The third-order valence-electron chi connectivity index (χ3n) is 5.12. The molecule has 0 spiro atoms. The number of amides is 1. The standard InChI is InChI=1S/C23H18N2O5/c1-3-28-15-8-6-7-14(12-15)20-19-21(26)16-9-4-5-10-17(16)29-22(19)23(27)25(20)18-11-13(2)30-24-18/h4-12,20H,3H2,1-2H3/t20-/m1/s1. The minimum atomic E-state index is -0.710. The second kappa shape index (κ2) is 6.88. The van der Waals surface area contributed by atoms with Gasteiger partial charge in [-0.15, -0.1) is 0 Å². The van der Waals surface area contributed by atoms with Crippen molar-refractivity contribution in [3.8, 4) is 5.75 Å². The molecule has 30 heavy (non-hydrogen) atoms. The molecule has 0 saturated heterocycles. The lowest BCUT2D eigenvalue weighted by atomic mass is 9.98. The first-order valence-electron chi connectivity index (χ1n) is 9.64. The summed E-state index contributed by atoms with van der Waals surface area (Å²) in [5.74, 6) is 1.11. The molecule has 0 saturated carbocycles. The van der Waals surface area contributed by atoms with Crippen LogP contribution in [0, 0.1) is 6.92 Å². The number of carbonyl (C=O) groups is 1. The van der Waals surface area contributed by atoms with E-state index in [1.807, 2.05) is 31.2 Å². The van der Waals surface area contributed by atoms with Gasteiger partial charge in [-0.2, -0.15) is 0 Å². The molecule has 1 aliphatic rings. The molecule has 0 N–H and O–H groups in total. The lowest BCUT2D eigenvalue weighted by molar-refractivity contribution is 0.0969. The minimum Gasteiger partial charge on any atom is -0.494 e. The average Bonchev–Trinajstić information content (AvgIpc) is 3.30. The summed E-state index contributed by atoms with van der Waals surface area (Å²) in [5, 5.41) is 4.44. The van der Waals surface area contributed by atoms with Crippen LogP contribution in [0.3, 0.4) is 0 Å². The van der Waals surface area contributed by atoms with Crippen molar-refractivity contribution in [2.45, 2.75) is 19.9 Å². The molecule has 0 unspecified atom stereocenters. The lowest BCUT2D eigenvalue weighted by Gasteiger charge is -2.22. The molecule has 3 heterocycles. The number of aromatic nitrogens is 1. The molecule has 2 aromatic carbocycles. The summed E-state index contributed by atoms with van der Waals surface area (Å²) >= 11 is 0. The number of ether oxygens (including phenoxy) is 1. The Morgan fingerprint density at radius 1 is 1.10 bits per heavy atom. The van der Waals surface area contributed by atoms with Crippen molar-refractivity contribution in [1.29, 1.82) is 0 Å². The number of rotatable bonds is 4. The molecule has 7 nitrogen and oxygen atoms in total. The number of hydrogen-bond donors (Lipinski definition) is 0. The molecule has 150 valence electrons. The lowest BCUT2D eigenvalue weighted by Crippen LogP contribution is -2.29. The Balaban J connectivity index is 1.79. The van der Waals surface area contributed by atoms with Crippen LogP contribution in [0.15, 0.2) is 68.3 Å². The van der Waals surface area contributed by atoms with Gasteiger partial charge in [-0.05, 0) is 43.7 Å². The molecule has 1 aliphatic heterocycles. The van der Waals surface area contributed by atoms with Crippen molar-refractivity contribution in [3.63, 3.8) is 0 Å². The highest BCUT2D eigenvalue weighted by Gasteiger charge is 2.45. The molecule has 1 atom stereocenters. The SMILES string of the molecule is CCOc1cccc([C@@H]2c3c(oc4ccccc4c3=O)C(=O)N2c2cc(C)on2)c1. The second-order valence-corrected chi connectivity index (χ2v) is 7.05. The van der Waals surface area contributed by atoms with Gasteiger partial charge < -0.3 is 13.7 Å². The van der Waals surface area contributed by atoms with Crippen molar-refractivity contribution in [2.75, 3.05) is 11.5 Å². The Morgan fingerprint density at radius 2 is 1.93 bits per heavy atom. The summed E-state index contributed by atoms with van der Waals surface area (Å²) in [4.78, 5) is 28.2. The van der Waals surface area contributed by atoms with Gasteiger partial charge in [0.15, 0.2) is 11.2 Å². The first kappa shape index (κ1) is 18.2. The van der Waals surface area contributed by atoms with E-state index >= 15 is 0 Å². The predicted octanol–water partition coefficient (Wildman–Crippen LogP) is 4.24. The van der Waals surface area contributed by atoms with Gasteiger partial charge in [0.1, 0.15) is 17.1 Å². The van der Waals surface area contributed by atoms with Gasteiger partial charge in [0.05, 0.1) is 23.6 Å². The minimum absolute atomic E-state index is 0.0196. The average molecular weight is 402 g/mol. The number of anilines is 1. The van der Waals surface area contributed by atoms with E-state index in [0.29, 0.717) is 34.9 Å². The molecule has 0 bridgehead atoms. The van der Waals surface area contributed by atoms with Crippen LogP contribution in [0.1, 0.15) is 40.4 Å². The largest absolute Gasteiger partial charge is 0.494 e. The maximum absolute atomic E-state index is 13.4. The van der Waals surface area contributed by atoms with Crippen molar-refractivity contribution in [2.24, 2.45) is 0 Å². The zero-order chi connectivity index (χ0) is 20.8. The summed E-state index contributed by atoms with van der Waals surface area (Å²) < 4.78 is 16.7. The van der Waals surface area contributed by atoms with E-state index in [9.17, 15) is 9.59 Å². The molecule has 5 rings (SSSR count). The van der Waals surface area contributed by atoms with E-state index in [4.69, 9.17) is 13.7 Å². The molecular formula is C23H18N2O5. The van der Waals surface area contributed by atoms with E-state index in [-0.39, 0.29) is 16.8 Å². The van der Waals surface area contributed by atoms with Gasteiger partial charge in [-0.3, -0.25) is 14.5 Å². The van der Waals surface area contributed by atoms with E-state index in [1.165, 1.54) is 4.90 Å². The van der Waals surface area contributed by atoms with Gasteiger partial charge in [-0.1, -0.05) is 29.4 Å². The molecule has 0 radical (unpaired) electrons. The van der Waals surface area contributed by atoms with Gasteiger partial charge in [0, 0.05) is 6.07 Å². The number of para-hydroxylation sites is 1. The molecular weight excluding hydrogens is 384 g/mol. The number of aryl methyl sites for hydroxylation is 1. The van der Waals surface area contributed by atoms with Crippen molar-refractivity contribution >= 4 is 22.7 Å². The predicted molar refractivity (Wildman–Crippen MR) is 110 cm³/mol. The van der Waals surface area contributed by atoms with Crippen LogP contribution in [0.5, 0.6) is 5.75 Å². The third-order valence-corrected chi connectivity index (χ3v) is 5.12. The summed E-state index contributed by atoms with van der Waals surface area (Å²) in [6.45, 7) is 4.14. The number of nitrogens with zero attached hydrogens (tertiary/aromatic N) is 2. The summed E-state index contributed by atoms with van der Waals surface area (Å²) in [5.41, 5.74) is 1.13. The van der Waals surface area contributed by atoms with Gasteiger partial charge >= 0.3 is 0 Å². The Morgan fingerprint density at radius 3 is 2.70 bits per heavy atom. The van der Waals surface area contributed by atoms with E-state index in [1.54, 1.807) is 37.3 Å². The fourth-order valence-electron chi connectivity index (χ4n) is 3.88. The van der Waals surface area contributed by atoms with E-state index in [2.05, 4.69) is 5.16 Å². The zero-order valence-corrected chi connectivity index (χ0v) is 16.4. The first-order chi connectivity index (χ1) is 14.6. The molecule has 2 aromatic heterocycles. The van der Waals surface area contributed by atoms with Gasteiger partial charge in [0.25, 0.3) is 5.91 Å².